The van der Waals surface area contributed by atoms with Gasteiger partial charge < -0.3 is 10.2 Å². The fourth-order valence-electron chi connectivity index (χ4n) is 0.642. The maximum atomic E-state index is 10.8. The molecule has 0 aliphatic carbocycles. The van der Waals surface area contributed by atoms with Gasteiger partial charge in [-0.15, -0.1) is 0 Å². The van der Waals surface area contributed by atoms with Gasteiger partial charge in [0.1, 0.15) is 0 Å². The van der Waals surface area contributed by atoms with E-state index in [0.29, 0.717) is 5.75 Å². The van der Waals surface area contributed by atoms with Crippen molar-refractivity contribution < 1.29 is 14.4 Å². The molecule has 1 aliphatic heterocycles. The lowest BCUT2D eigenvalue weighted by molar-refractivity contribution is 0.161. The monoisotopic (exact) mass is 168 g/mol. The van der Waals surface area contributed by atoms with E-state index in [9.17, 15) is 4.21 Å². The summed E-state index contributed by atoms with van der Waals surface area (Å²) in [5, 5.41) is 17.1. The van der Waals surface area contributed by atoms with Crippen LogP contribution in [0.15, 0.2) is 0 Å². The molecule has 0 aromatic carbocycles. The summed E-state index contributed by atoms with van der Waals surface area (Å²) in [6, 6.07) is 0. The zero-order valence-electron chi connectivity index (χ0n) is 4.69. The van der Waals surface area contributed by atoms with E-state index >= 15 is 0 Å². The molecule has 0 radical (unpaired) electrons. The molecule has 3 nitrogen and oxygen atoms in total. The molecule has 0 spiro atoms. The van der Waals surface area contributed by atoms with E-state index in [1.54, 1.807) is 0 Å². The lowest BCUT2D eigenvalue weighted by atomic mass is 10.3. The van der Waals surface area contributed by atoms with Crippen LogP contribution in [0.4, 0.5) is 0 Å². The van der Waals surface area contributed by atoms with Crippen LogP contribution >= 0.6 is 10.8 Å². The third-order valence-corrected chi connectivity index (χ3v) is 4.73. The van der Waals surface area contributed by atoms with Gasteiger partial charge >= 0.3 is 0 Å². The van der Waals surface area contributed by atoms with Crippen molar-refractivity contribution >= 4 is 20.6 Å². The Balaban J connectivity index is 2.55. The summed E-state index contributed by atoms with van der Waals surface area (Å²) in [7, 11) is 0.126. The predicted molar refractivity (Wildman–Crippen MR) is 37.5 cm³/mol. The van der Waals surface area contributed by atoms with E-state index in [1.807, 2.05) is 0 Å². The normalized spacial score (nSPS) is 43.6. The predicted octanol–water partition coefficient (Wildman–Crippen LogP) is -0.881. The summed E-state index contributed by atoms with van der Waals surface area (Å²) in [4.78, 5) is 0. The average molecular weight is 168 g/mol. The summed E-state index contributed by atoms with van der Waals surface area (Å²) < 4.78 is 10.8. The highest BCUT2D eigenvalue weighted by Gasteiger charge is 2.32. The Hall–Kier alpha value is 0.420. The molecule has 1 rings (SSSR count). The minimum absolute atomic E-state index is 0.180. The Kier molecular flexibility index (Phi) is 2.51. The van der Waals surface area contributed by atoms with Gasteiger partial charge in [-0.25, -0.2) is 4.21 Å². The first-order valence-corrected chi connectivity index (χ1v) is 5.30. The van der Waals surface area contributed by atoms with Crippen LogP contribution in [0.25, 0.3) is 0 Å². The van der Waals surface area contributed by atoms with Crippen molar-refractivity contribution in [2.75, 3.05) is 12.4 Å². The molecular formula is C4H8O3S2. The SMILES string of the molecule is O=S1SCC(O)C1CO. The van der Waals surface area contributed by atoms with Crippen LogP contribution in [0.5, 0.6) is 0 Å². The number of aliphatic hydroxyl groups excluding tert-OH is 2. The van der Waals surface area contributed by atoms with Gasteiger partial charge in [-0.1, -0.05) is 10.8 Å². The molecule has 9 heavy (non-hydrogen) atoms. The molecule has 0 amide bonds. The number of aliphatic hydroxyl groups is 2. The van der Waals surface area contributed by atoms with Crippen LogP contribution in [-0.2, 0) is 9.83 Å². The first kappa shape index (κ1) is 7.53. The fraction of sp³-hybridized carbons (Fsp3) is 1.00. The molecule has 0 aromatic rings. The van der Waals surface area contributed by atoms with E-state index in [2.05, 4.69) is 0 Å². The second-order valence-corrected chi connectivity index (χ2v) is 5.22. The zero-order valence-corrected chi connectivity index (χ0v) is 6.32. The summed E-state index contributed by atoms with van der Waals surface area (Å²) in [5.41, 5.74) is 0. The molecule has 54 valence electrons. The highest BCUT2D eigenvalue weighted by molar-refractivity contribution is 8.69. The Morgan fingerprint density at radius 3 is 2.67 bits per heavy atom. The van der Waals surface area contributed by atoms with Gasteiger partial charge in [-0.05, 0) is 0 Å². The molecule has 0 bridgehead atoms. The lowest BCUT2D eigenvalue weighted by Gasteiger charge is -2.05. The van der Waals surface area contributed by atoms with Gasteiger partial charge in [-0.3, -0.25) is 0 Å². The van der Waals surface area contributed by atoms with Gasteiger partial charge in [0, 0.05) is 5.75 Å². The quantitative estimate of drug-likeness (QED) is 0.499. The Morgan fingerprint density at radius 2 is 2.44 bits per heavy atom. The van der Waals surface area contributed by atoms with Crippen LogP contribution in [0.1, 0.15) is 0 Å². The van der Waals surface area contributed by atoms with E-state index in [0.717, 1.165) is 0 Å². The molecule has 0 aromatic heterocycles. The van der Waals surface area contributed by atoms with Crippen LogP contribution in [0, 0.1) is 0 Å². The molecule has 0 saturated carbocycles. The summed E-state index contributed by atoms with van der Waals surface area (Å²) in [6.45, 7) is -0.180. The van der Waals surface area contributed by atoms with Gasteiger partial charge in [-0.2, -0.15) is 0 Å². The maximum absolute atomic E-state index is 10.8. The standard InChI is InChI=1S/C4H8O3S2/c5-1-4-3(6)2-8-9(4)7/h3-6H,1-2H2. The van der Waals surface area contributed by atoms with Crippen molar-refractivity contribution in [2.45, 2.75) is 11.4 Å². The lowest BCUT2D eigenvalue weighted by Crippen LogP contribution is -2.27. The summed E-state index contributed by atoms with van der Waals surface area (Å²) >= 11 is 0. The van der Waals surface area contributed by atoms with Crippen molar-refractivity contribution in [2.24, 2.45) is 0 Å². The van der Waals surface area contributed by atoms with E-state index in [4.69, 9.17) is 10.2 Å². The second-order valence-electron chi connectivity index (χ2n) is 1.83. The van der Waals surface area contributed by atoms with Gasteiger partial charge in [0.15, 0.2) is 0 Å². The minimum Gasteiger partial charge on any atom is -0.395 e. The van der Waals surface area contributed by atoms with E-state index in [1.165, 1.54) is 10.8 Å². The number of hydrogen-bond donors (Lipinski definition) is 2. The highest BCUT2D eigenvalue weighted by Crippen LogP contribution is 2.25. The minimum atomic E-state index is -1.07. The zero-order chi connectivity index (χ0) is 6.85. The topological polar surface area (TPSA) is 57.5 Å². The van der Waals surface area contributed by atoms with E-state index < -0.39 is 21.2 Å². The maximum Gasteiger partial charge on any atom is 0.0947 e. The Bertz CT molecular complexity index is 127. The average Bonchev–Trinajstić information content (AvgIpc) is 2.12. The van der Waals surface area contributed by atoms with Gasteiger partial charge in [0.2, 0.25) is 0 Å². The first-order chi connectivity index (χ1) is 4.25. The van der Waals surface area contributed by atoms with Crippen LogP contribution < -0.4 is 0 Å². The van der Waals surface area contributed by atoms with Crippen molar-refractivity contribution in [3.63, 3.8) is 0 Å². The smallest absolute Gasteiger partial charge is 0.0947 e. The van der Waals surface area contributed by atoms with Crippen molar-refractivity contribution in [1.82, 2.24) is 0 Å². The molecule has 2 N–H and O–H groups in total. The number of rotatable bonds is 1. The Morgan fingerprint density at radius 1 is 1.78 bits per heavy atom. The van der Waals surface area contributed by atoms with Crippen LogP contribution in [0.3, 0.4) is 0 Å². The molecule has 3 unspecified atom stereocenters. The van der Waals surface area contributed by atoms with Crippen molar-refractivity contribution in [3.05, 3.63) is 0 Å². The Labute approximate surface area is 59.3 Å². The van der Waals surface area contributed by atoms with Crippen LogP contribution in [-0.4, -0.2) is 38.1 Å². The molecular weight excluding hydrogens is 160 g/mol. The number of hydrogen-bond acceptors (Lipinski definition) is 4. The van der Waals surface area contributed by atoms with Crippen molar-refractivity contribution in [3.8, 4) is 0 Å². The summed E-state index contributed by atoms with van der Waals surface area (Å²) in [6.07, 6.45) is -0.583. The third kappa shape index (κ3) is 1.46. The van der Waals surface area contributed by atoms with Crippen molar-refractivity contribution in [1.29, 1.82) is 0 Å². The van der Waals surface area contributed by atoms with Crippen LogP contribution in [0.2, 0.25) is 0 Å². The van der Waals surface area contributed by atoms with Gasteiger partial charge in [0.05, 0.1) is 27.8 Å². The molecule has 1 aliphatic rings. The first-order valence-electron chi connectivity index (χ1n) is 2.58. The summed E-state index contributed by atoms with van der Waals surface area (Å²) in [5.74, 6) is 0.484. The molecule has 3 atom stereocenters. The molecule has 1 saturated heterocycles. The highest BCUT2D eigenvalue weighted by atomic mass is 33.1. The second kappa shape index (κ2) is 3.01. The molecule has 1 fully saturated rings. The van der Waals surface area contributed by atoms with Gasteiger partial charge in [0.25, 0.3) is 0 Å². The third-order valence-electron chi connectivity index (χ3n) is 1.21. The molecule has 1 heterocycles. The largest absolute Gasteiger partial charge is 0.395 e. The molecule has 5 heteroatoms. The fourth-order valence-corrected chi connectivity index (χ4v) is 3.83. The van der Waals surface area contributed by atoms with E-state index in [-0.39, 0.29) is 6.61 Å².